The van der Waals surface area contributed by atoms with E-state index in [1.54, 1.807) is 0 Å². The lowest BCUT2D eigenvalue weighted by Gasteiger charge is -2.16. The van der Waals surface area contributed by atoms with E-state index in [0.29, 0.717) is 6.42 Å². The van der Waals surface area contributed by atoms with E-state index < -0.39 is 0 Å². The zero-order valence-corrected chi connectivity index (χ0v) is 9.68. The van der Waals surface area contributed by atoms with Gasteiger partial charge < -0.3 is 5.32 Å². The molecule has 2 aromatic rings. The van der Waals surface area contributed by atoms with Gasteiger partial charge in [0.05, 0.1) is 0 Å². The fraction of sp³-hybridized carbons (Fsp3) is 0.286. The van der Waals surface area contributed by atoms with Gasteiger partial charge in [-0.05, 0) is 17.9 Å². The topological polar surface area (TPSA) is 42.0 Å². The third-order valence-electron chi connectivity index (χ3n) is 3.50. The second-order valence-corrected chi connectivity index (χ2v) is 4.62. The molecule has 1 fully saturated rings. The molecule has 1 aromatic carbocycles. The molecular weight excluding hydrogens is 212 g/mol. The van der Waals surface area contributed by atoms with Gasteiger partial charge in [0, 0.05) is 36.2 Å². The maximum absolute atomic E-state index is 11.4. The second kappa shape index (κ2) is 3.84. The summed E-state index contributed by atoms with van der Waals surface area (Å²) in [7, 11) is 0. The molecule has 0 spiro atoms. The second-order valence-electron chi connectivity index (χ2n) is 4.62. The Morgan fingerprint density at radius 2 is 2.12 bits per heavy atom. The lowest BCUT2D eigenvalue weighted by atomic mass is 9.90. The normalized spacial score (nSPS) is 23.9. The third-order valence-corrected chi connectivity index (χ3v) is 3.50. The summed E-state index contributed by atoms with van der Waals surface area (Å²) in [5.74, 6) is 0.372. The largest absolute Gasteiger partial charge is 0.353 e. The van der Waals surface area contributed by atoms with Crippen LogP contribution >= 0.6 is 0 Å². The van der Waals surface area contributed by atoms with Gasteiger partial charge in [-0.15, -0.1) is 0 Å². The van der Waals surface area contributed by atoms with E-state index in [-0.39, 0.29) is 17.9 Å². The van der Waals surface area contributed by atoms with Crippen molar-refractivity contribution in [3.8, 4) is 0 Å². The van der Waals surface area contributed by atoms with Crippen molar-refractivity contribution in [2.24, 2.45) is 0 Å². The Morgan fingerprint density at radius 1 is 1.29 bits per heavy atom. The van der Waals surface area contributed by atoms with Gasteiger partial charge in [0.2, 0.25) is 5.91 Å². The van der Waals surface area contributed by atoms with Crippen LogP contribution in [0.1, 0.15) is 24.8 Å². The summed E-state index contributed by atoms with van der Waals surface area (Å²) in [5, 5.41) is 5.30. The van der Waals surface area contributed by atoms with Crippen LogP contribution in [0.3, 0.4) is 0 Å². The number of benzene rings is 1. The molecule has 1 aliphatic heterocycles. The van der Waals surface area contributed by atoms with Gasteiger partial charge in [-0.3, -0.25) is 9.78 Å². The first kappa shape index (κ1) is 10.3. The molecule has 0 saturated carbocycles. The van der Waals surface area contributed by atoms with Gasteiger partial charge in [0.1, 0.15) is 0 Å². The molecule has 86 valence electrons. The van der Waals surface area contributed by atoms with Crippen LogP contribution in [0.5, 0.6) is 0 Å². The molecule has 3 nitrogen and oxygen atoms in total. The van der Waals surface area contributed by atoms with E-state index in [1.807, 2.05) is 24.5 Å². The highest BCUT2D eigenvalue weighted by Crippen LogP contribution is 2.32. The van der Waals surface area contributed by atoms with Gasteiger partial charge in [0.15, 0.2) is 0 Å². The van der Waals surface area contributed by atoms with Crippen LogP contribution < -0.4 is 5.32 Å². The third kappa shape index (κ3) is 1.68. The first-order valence-electron chi connectivity index (χ1n) is 5.88. The predicted octanol–water partition coefficient (Wildman–Crippen LogP) is 2.23. The summed E-state index contributed by atoms with van der Waals surface area (Å²) in [6, 6.07) is 8.38. The Hall–Kier alpha value is -1.90. The minimum absolute atomic E-state index is 0.135. The molecule has 3 rings (SSSR count). The van der Waals surface area contributed by atoms with Crippen molar-refractivity contribution in [1.82, 2.24) is 10.3 Å². The summed E-state index contributed by atoms with van der Waals surface area (Å²) in [4.78, 5) is 15.7. The summed E-state index contributed by atoms with van der Waals surface area (Å²) in [6.45, 7) is 2.05. The van der Waals surface area contributed by atoms with Gasteiger partial charge in [-0.2, -0.15) is 0 Å². The van der Waals surface area contributed by atoms with E-state index in [0.717, 1.165) is 5.39 Å². The number of carbonyl (C=O) groups is 1. The van der Waals surface area contributed by atoms with E-state index in [9.17, 15) is 4.79 Å². The molecule has 1 amide bonds. The zero-order chi connectivity index (χ0) is 11.8. The van der Waals surface area contributed by atoms with Crippen LogP contribution in [0, 0.1) is 0 Å². The maximum Gasteiger partial charge on any atom is 0.220 e. The van der Waals surface area contributed by atoms with Crippen molar-refractivity contribution in [3.05, 3.63) is 42.2 Å². The first-order valence-corrected chi connectivity index (χ1v) is 5.88. The van der Waals surface area contributed by atoms with Gasteiger partial charge in [-0.25, -0.2) is 0 Å². The number of hydrogen-bond acceptors (Lipinski definition) is 2. The summed E-state index contributed by atoms with van der Waals surface area (Å²) < 4.78 is 0. The Kier molecular flexibility index (Phi) is 2.32. The molecule has 1 aromatic heterocycles. The molecule has 2 heterocycles. The highest BCUT2D eigenvalue weighted by Gasteiger charge is 2.31. The standard InChI is InChI=1S/C14H14N2O/c1-9-12(6-14(17)16-9)13-8-15-7-10-4-2-3-5-11(10)13/h2-5,7-9,12H,6H2,1H3,(H,16,17). The Bertz CT molecular complexity index is 574. The van der Waals surface area contributed by atoms with Crippen LogP contribution in [-0.4, -0.2) is 16.9 Å². The number of rotatable bonds is 1. The Labute approximate surface area is 99.9 Å². The van der Waals surface area contributed by atoms with Crippen LogP contribution in [0.25, 0.3) is 10.8 Å². The van der Waals surface area contributed by atoms with Crippen molar-refractivity contribution >= 4 is 16.7 Å². The molecule has 1 N–H and O–H groups in total. The van der Waals surface area contributed by atoms with Crippen molar-refractivity contribution in [3.63, 3.8) is 0 Å². The van der Waals surface area contributed by atoms with E-state index in [2.05, 4.69) is 29.4 Å². The fourth-order valence-electron chi connectivity index (χ4n) is 2.60. The van der Waals surface area contributed by atoms with Gasteiger partial charge in [0.25, 0.3) is 0 Å². The van der Waals surface area contributed by atoms with E-state index in [4.69, 9.17) is 0 Å². The molecule has 2 unspecified atom stereocenters. The van der Waals surface area contributed by atoms with Gasteiger partial charge in [-0.1, -0.05) is 24.3 Å². The number of fused-ring (bicyclic) bond motifs is 1. The number of hydrogen-bond donors (Lipinski definition) is 1. The van der Waals surface area contributed by atoms with Crippen molar-refractivity contribution in [1.29, 1.82) is 0 Å². The van der Waals surface area contributed by atoms with Crippen molar-refractivity contribution in [2.75, 3.05) is 0 Å². The van der Waals surface area contributed by atoms with Crippen LogP contribution in [0.4, 0.5) is 0 Å². The minimum Gasteiger partial charge on any atom is -0.353 e. The lowest BCUT2D eigenvalue weighted by molar-refractivity contribution is -0.119. The number of aromatic nitrogens is 1. The quantitative estimate of drug-likeness (QED) is 0.810. The molecular formula is C14H14N2O. The smallest absolute Gasteiger partial charge is 0.220 e. The predicted molar refractivity (Wildman–Crippen MR) is 66.7 cm³/mol. The summed E-state index contributed by atoms with van der Waals surface area (Å²) in [5.41, 5.74) is 1.17. The molecule has 17 heavy (non-hydrogen) atoms. The Balaban J connectivity index is 2.14. The molecule has 0 aliphatic carbocycles. The van der Waals surface area contributed by atoms with Crippen molar-refractivity contribution < 1.29 is 4.79 Å². The molecule has 1 aliphatic rings. The van der Waals surface area contributed by atoms with Crippen LogP contribution in [-0.2, 0) is 4.79 Å². The van der Waals surface area contributed by atoms with E-state index >= 15 is 0 Å². The molecule has 2 atom stereocenters. The number of nitrogens with one attached hydrogen (secondary N) is 1. The summed E-state index contributed by atoms with van der Waals surface area (Å²) in [6.07, 6.45) is 4.33. The first-order chi connectivity index (χ1) is 8.25. The molecule has 0 radical (unpaired) electrons. The summed E-state index contributed by atoms with van der Waals surface area (Å²) >= 11 is 0. The van der Waals surface area contributed by atoms with Gasteiger partial charge >= 0.3 is 0 Å². The highest BCUT2D eigenvalue weighted by atomic mass is 16.1. The molecule has 3 heteroatoms. The monoisotopic (exact) mass is 226 g/mol. The SMILES string of the molecule is CC1NC(=O)CC1c1cncc2ccccc12. The fourth-order valence-corrected chi connectivity index (χ4v) is 2.60. The number of nitrogens with zero attached hydrogens (tertiary/aromatic N) is 1. The van der Waals surface area contributed by atoms with Crippen molar-refractivity contribution in [2.45, 2.75) is 25.3 Å². The highest BCUT2D eigenvalue weighted by molar-refractivity contribution is 5.87. The van der Waals surface area contributed by atoms with Crippen LogP contribution in [0.15, 0.2) is 36.7 Å². The van der Waals surface area contributed by atoms with E-state index in [1.165, 1.54) is 10.9 Å². The average molecular weight is 226 g/mol. The van der Waals surface area contributed by atoms with Crippen LogP contribution in [0.2, 0.25) is 0 Å². The number of amides is 1. The lowest BCUT2D eigenvalue weighted by Crippen LogP contribution is -2.24. The molecule has 1 saturated heterocycles. The number of carbonyl (C=O) groups excluding carboxylic acids is 1. The Morgan fingerprint density at radius 3 is 2.88 bits per heavy atom. The zero-order valence-electron chi connectivity index (χ0n) is 9.68. The molecule has 0 bridgehead atoms. The maximum atomic E-state index is 11.4. The minimum atomic E-state index is 0.135. The number of pyridine rings is 1. The average Bonchev–Trinajstić information content (AvgIpc) is 2.68.